The maximum atomic E-state index is 13.2. The van der Waals surface area contributed by atoms with Gasteiger partial charge in [-0.15, -0.1) is 13.2 Å². The Balaban J connectivity index is 1.99. The van der Waals surface area contributed by atoms with Crippen molar-refractivity contribution in [3.63, 3.8) is 0 Å². The average Bonchev–Trinajstić information content (AvgIpc) is 2.73. The quantitative estimate of drug-likeness (QED) is 0.366. The van der Waals surface area contributed by atoms with E-state index in [4.69, 9.17) is 0 Å². The van der Waals surface area contributed by atoms with Gasteiger partial charge in [0.1, 0.15) is 11.6 Å². The Labute approximate surface area is 198 Å². The molecule has 2 aromatic carbocycles. The van der Waals surface area contributed by atoms with E-state index in [1.165, 1.54) is 30.3 Å². The van der Waals surface area contributed by atoms with Gasteiger partial charge >= 0.3 is 12.5 Å². The Bertz CT molecular complexity index is 1160. The van der Waals surface area contributed by atoms with E-state index in [1.807, 2.05) is 19.0 Å². The zero-order valence-electron chi connectivity index (χ0n) is 19.1. The van der Waals surface area contributed by atoms with E-state index < -0.39 is 23.9 Å². The third kappa shape index (κ3) is 7.74. The molecule has 1 aromatic heterocycles. The van der Waals surface area contributed by atoms with Gasteiger partial charge in [-0.05, 0) is 50.8 Å². The van der Waals surface area contributed by atoms with Crippen LogP contribution in [0.4, 0.5) is 43.8 Å². The number of anilines is 3. The molecule has 12 heteroatoms. The van der Waals surface area contributed by atoms with Crippen LogP contribution in [-0.2, 0) is 6.18 Å². The van der Waals surface area contributed by atoms with Crippen LogP contribution in [0.15, 0.2) is 48.5 Å². The summed E-state index contributed by atoms with van der Waals surface area (Å²) in [5.74, 6) is -0.121. The third-order valence-electron chi connectivity index (χ3n) is 4.76. The lowest BCUT2D eigenvalue weighted by Gasteiger charge is -2.16. The highest BCUT2D eigenvalue weighted by Gasteiger charge is 2.32. The van der Waals surface area contributed by atoms with Crippen LogP contribution in [0, 0.1) is 6.92 Å². The minimum atomic E-state index is -4.86. The second-order valence-corrected chi connectivity index (χ2v) is 7.92. The van der Waals surface area contributed by atoms with Crippen LogP contribution in [0.1, 0.15) is 11.1 Å². The number of rotatable bonds is 8. The molecule has 3 rings (SSSR count). The first-order valence-electron chi connectivity index (χ1n) is 10.4. The standard InChI is InChI=1S/C23H23F6N5O/c1-14-7-8-16(22(24,25)26)12-18(14)31-20-13-19(32-21(33-20)30-9-10-34(2)3)15-5-4-6-17(11-15)35-23(27,28)29/h4-8,11-13H,9-10H2,1-3H3,(H2,30,31,32,33). The van der Waals surface area contributed by atoms with Crippen molar-refractivity contribution >= 4 is 17.5 Å². The molecule has 35 heavy (non-hydrogen) atoms. The fourth-order valence-corrected chi connectivity index (χ4v) is 3.05. The van der Waals surface area contributed by atoms with Crippen LogP contribution in [-0.4, -0.2) is 48.4 Å². The molecule has 2 N–H and O–H groups in total. The number of halogens is 6. The van der Waals surface area contributed by atoms with E-state index in [-0.39, 0.29) is 23.1 Å². The summed E-state index contributed by atoms with van der Waals surface area (Å²) in [7, 11) is 3.74. The Morgan fingerprint density at radius 3 is 2.34 bits per heavy atom. The molecule has 188 valence electrons. The van der Waals surface area contributed by atoms with E-state index in [9.17, 15) is 26.3 Å². The molecule has 0 spiro atoms. The highest BCUT2D eigenvalue weighted by atomic mass is 19.4. The molecule has 0 atom stereocenters. The predicted molar refractivity (Wildman–Crippen MR) is 121 cm³/mol. The Morgan fingerprint density at radius 1 is 0.943 bits per heavy atom. The van der Waals surface area contributed by atoms with Crippen molar-refractivity contribution in [3.05, 3.63) is 59.7 Å². The van der Waals surface area contributed by atoms with Crippen molar-refractivity contribution in [2.45, 2.75) is 19.5 Å². The Morgan fingerprint density at radius 2 is 1.69 bits per heavy atom. The lowest BCUT2D eigenvalue weighted by atomic mass is 10.1. The van der Waals surface area contributed by atoms with Crippen molar-refractivity contribution in [1.29, 1.82) is 0 Å². The molecule has 0 saturated heterocycles. The number of benzene rings is 2. The van der Waals surface area contributed by atoms with E-state index in [0.717, 1.165) is 18.2 Å². The number of nitrogens with one attached hydrogen (secondary N) is 2. The molecule has 3 aromatic rings. The first kappa shape index (κ1) is 26.1. The van der Waals surface area contributed by atoms with Crippen molar-refractivity contribution in [3.8, 4) is 17.0 Å². The number of hydrogen-bond acceptors (Lipinski definition) is 6. The van der Waals surface area contributed by atoms with Gasteiger partial charge in [0.05, 0.1) is 11.3 Å². The number of nitrogens with zero attached hydrogens (tertiary/aromatic N) is 3. The van der Waals surface area contributed by atoms with Crippen molar-refractivity contribution in [1.82, 2.24) is 14.9 Å². The summed E-state index contributed by atoms with van der Waals surface area (Å²) >= 11 is 0. The molecule has 0 amide bonds. The van der Waals surface area contributed by atoms with Gasteiger partial charge in [0.2, 0.25) is 5.95 Å². The van der Waals surface area contributed by atoms with Crippen LogP contribution < -0.4 is 15.4 Å². The molecular formula is C23H23F6N5O. The van der Waals surface area contributed by atoms with Crippen molar-refractivity contribution < 1.29 is 31.1 Å². The van der Waals surface area contributed by atoms with Crippen molar-refractivity contribution in [2.24, 2.45) is 0 Å². The van der Waals surface area contributed by atoms with Crippen LogP contribution in [0.5, 0.6) is 5.75 Å². The molecule has 0 aliphatic heterocycles. The number of ether oxygens (including phenoxy) is 1. The van der Waals surface area contributed by atoms with E-state index >= 15 is 0 Å². The fraction of sp³-hybridized carbons (Fsp3) is 0.304. The van der Waals surface area contributed by atoms with Crippen LogP contribution >= 0.6 is 0 Å². The number of likely N-dealkylation sites (N-methyl/N-ethyl adjacent to an activating group) is 1. The SMILES string of the molecule is Cc1ccc(C(F)(F)F)cc1Nc1cc(-c2cccc(OC(F)(F)F)c2)nc(NCCN(C)C)n1. The van der Waals surface area contributed by atoms with Crippen LogP contribution in [0.2, 0.25) is 0 Å². The highest BCUT2D eigenvalue weighted by molar-refractivity contribution is 5.69. The molecule has 0 radical (unpaired) electrons. The number of aromatic nitrogens is 2. The van der Waals surface area contributed by atoms with Gasteiger partial charge in [-0.1, -0.05) is 18.2 Å². The van der Waals surface area contributed by atoms with Gasteiger partial charge < -0.3 is 20.3 Å². The van der Waals surface area contributed by atoms with Crippen LogP contribution in [0.3, 0.4) is 0 Å². The predicted octanol–water partition coefficient (Wildman–Crippen LogP) is 6.09. The minimum Gasteiger partial charge on any atom is -0.406 e. The number of alkyl halides is 6. The molecule has 0 unspecified atom stereocenters. The summed E-state index contributed by atoms with van der Waals surface area (Å²) in [5.41, 5.74) is 0.431. The van der Waals surface area contributed by atoms with Gasteiger partial charge in [-0.3, -0.25) is 0 Å². The second kappa shape index (κ2) is 10.4. The Hall–Kier alpha value is -3.54. The monoisotopic (exact) mass is 499 g/mol. The summed E-state index contributed by atoms with van der Waals surface area (Å²) in [6.07, 6.45) is -9.39. The Kier molecular flexibility index (Phi) is 7.73. The number of aryl methyl sites for hydroxylation is 1. The van der Waals surface area contributed by atoms with Gasteiger partial charge in [-0.2, -0.15) is 18.2 Å². The largest absolute Gasteiger partial charge is 0.573 e. The van der Waals surface area contributed by atoms with Crippen LogP contribution in [0.25, 0.3) is 11.3 Å². The zero-order valence-corrected chi connectivity index (χ0v) is 19.1. The molecule has 1 heterocycles. The minimum absolute atomic E-state index is 0.152. The summed E-state index contributed by atoms with van der Waals surface area (Å²) < 4.78 is 81.5. The lowest BCUT2D eigenvalue weighted by Crippen LogP contribution is -2.21. The molecule has 0 bridgehead atoms. The normalized spacial score (nSPS) is 12.1. The fourth-order valence-electron chi connectivity index (χ4n) is 3.05. The van der Waals surface area contributed by atoms with Gasteiger partial charge in [-0.25, -0.2) is 4.98 Å². The molecule has 6 nitrogen and oxygen atoms in total. The summed E-state index contributed by atoms with van der Waals surface area (Å²) in [6.45, 7) is 2.73. The maximum Gasteiger partial charge on any atom is 0.573 e. The summed E-state index contributed by atoms with van der Waals surface area (Å²) in [4.78, 5) is 10.6. The molecule has 0 aliphatic carbocycles. The lowest BCUT2D eigenvalue weighted by molar-refractivity contribution is -0.274. The smallest absolute Gasteiger partial charge is 0.406 e. The second-order valence-electron chi connectivity index (χ2n) is 7.92. The number of hydrogen-bond donors (Lipinski definition) is 2. The first-order valence-corrected chi connectivity index (χ1v) is 10.4. The van der Waals surface area contributed by atoms with Gasteiger partial charge in [0.15, 0.2) is 0 Å². The van der Waals surface area contributed by atoms with E-state index in [1.54, 1.807) is 6.92 Å². The average molecular weight is 499 g/mol. The molecular weight excluding hydrogens is 476 g/mol. The molecule has 0 saturated carbocycles. The van der Waals surface area contributed by atoms with Gasteiger partial charge in [0.25, 0.3) is 0 Å². The third-order valence-corrected chi connectivity index (χ3v) is 4.76. The highest BCUT2D eigenvalue weighted by Crippen LogP contribution is 2.34. The summed E-state index contributed by atoms with van der Waals surface area (Å²) in [5, 5.41) is 5.89. The molecule has 0 fully saturated rings. The van der Waals surface area contributed by atoms with E-state index in [2.05, 4.69) is 25.3 Å². The van der Waals surface area contributed by atoms with Gasteiger partial charge in [0, 0.05) is 30.4 Å². The summed E-state index contributed by atoms with van der Waals surface area (Å²) in [6, 6.07) is 9.94. The maximum absolute atomic E-state index is 13.2. The molecule has 0 aliphatic rings. The first-order chi connectivity index (χ1) is 16.3. The topological polar surface area (TPSA) is 62.3 Å². The van der Waals surface area contributed by atoms with E-state index in [0.29, 0.717) is 24.2 Å². The zero-order chi connectivity index (χ0) is 25.8. The van der Waals surface area contributed by atoms with Crippen molar-refractivity contribution in [2.75, 3.05) is 37.8 Å².